The Morgan fingerprint density at radius 3 is 1.87 bits per heavy atom. The van der Waals surface area contributed by atoms with Gasteiger partial charge in [0.15, 0.2) is 33.1 Å². The maximum absolute atomic E-state index is 14.7. The highest BCUT2D eigenvalue weighted by atomic mass is 32.2. The van der Waals surface area contributed by atoms with Crippen LogP contribution in [0, 0.1) is 23.3 Å². The molecular formula is C22H33F4NO3S. The molecule has 0 saturated carbocycles. The molecule has 9 heteroatoms. The van der Waals surface area contributed by atoms with E-state index in [4.69, 9.17) is 4.74 Å². The Labute approximate surface area is 182 Å². The number of ether oxygens (including phenoxy) is 1. The summed E-state index contributed by atoms with van der Waals surface area (Å²) in [4.78, 5) is 1.30. The van der Waals surface area contributed by atoms with Gasteiger partial charge in [-0.25, -0.2) is 26.0 Å². The highest BCUT2D eigenvalue weighted by Crippen LogP contribution is 2.33. The Balaban J connectivity index is 1.96. The molecule has 0 aromatic heterocycles. The minimum absolute atomic E-state index is 0.116. The van der Waals surface area contributed by atoms with E-state index in [0.717, 1.165) is 0 Å². The van der Waals surface area contributed by atoms with Gasteiger partial charge in [-0.3, -0.25) is 0 Å². The van der Waals surface area contributed by atoms with Gasteiger partial charge in [0.2, 0.25) is 0 Å². The summed E-state index contributed by atoms with van der Waals surface area (Å²) >= 11 is 0. The fourth-order valence-electron chi connectivity index (χ4n) is 3.89. The molecule has 2 atom stereocenters. The lowest BCUT2D eigenvalue weighted by atomic mass is 10.0. The number of morpholine rings is 1. The first-order chi connectivity index (χ1) is 14.5. The molecule has 0 bridgehead atoms. The van der Waals surface area contributed by atoms with Crippen LogP contribution in [0.25, 0.3) is 0 Å². The van der Waals surface area contributed by atoms with E-state index in [0.29, 0.717) is 32.1 Å². The van der Waals surface area contributed by atoms with Gasteiger partial charge in [-0.15, -0.1) is 0 Å². The molecular weight excluding hydrogens is 434 g/mol. The van der Waals surface area contributed by atoms with Crippen molar-refractivity contribution in [2.45, 2.75) is 83.7 Å². The molecule has 0 N–H and O–H groups in total. The maximum atomic E-state index is 14.7. The normalized spacial score (nSPS) is 20.0. The first-order valence-corrected chi connectivity index (χ1v) is 12.6. The van der Waals surface area contributed by atoms with Crippen LogP contribution in [0.2, 0.25) is 0 Å². The molecule has 31 heavy (non-hydrogen) atoms. The molecule has 2 rings (SSSR count). The monoisotopic (exact) mass is 467 g/mol. The van der Waals surface area contributed by atoms with Gasteiger partial charge in [0.25, 0.3) is 0 Å². The van der Waals surface area contributed by atoms with Gasteiger partial charge in [-0.2, -0.15) is 0 Å². The van der Waals surface area contributed by atoms with E-state index in [9.17, 15) is 26.0 Å². The number of rotatable bonds is 10. The molecule has 0 amide bonds. The van der Waals surface area contributed by atoms with E-state index in [1.54, 1.807) is 27.7 Å². The molecule has 0 spiro atoms. The summed E-state index contributed by atoms with van der Waals surface area (Å²) in [6.07, 6.45) is 2.07. The van der Waals surface area contributed by atoms with Crippen LogP contribution in [0.4, 0.5) is 23.2 Å². The quantitative estimate of drug-likeness (QED) is 0.271. The fourth-order valence-corrected chi connectivity index (χ4v) is 4.97. The van der Waals surface area contributed by atoms with Crippen LogP contribution >= 0.6 is 0 Å². The number of hydrogen-bond donors (Lipinski definition) is 0. The van der Waals surface area contributed by atoms with E-state index in [1.807, 2.05) is 0 Å². The Morgan fingerprint density at radius 2 is 1.35 bits per heavy atom. The van der Waals surface area contributed by atoms with Crippen molar-refractivity contribution in [1.82, 2.24) is 0 Å². The Hall–Kier alpha value is -1.35. The minimum Gasteiger partial charge on any atom is -0.372 e. The molecule has 0 unspecified atom stereocenters. The lowest BCUT2D eigenvalue weighted by Crippen LogP contribution is -2.46. The van der Waals surface area contributed by atoms with E-state index in [2.05, 4.69) is 0 Å². The van der Waals surface area contributed by atoms with Crippen LogP contribution in [0.3, 0.4) is 0 Å². The van der Waals surface area contributed by atoms with Crippen LogP contribution in [0.1, 0.15) is 65.4 Å². The Bertz CT molecular complexity index is 822. The number of nitrogens with zero attached hydrogens (tertiary/aromatic N) is 1. The Morgan fingerprint density at radius 1 is 0.871 bits per heavy atom. The number of sulfone groups is 1. The zero-order valence-corrected chi connectivity index (χ0v) is 19.5. The zero-order chi connectivity index (χ0) is 23.3. The first-order valence-electron chi connectivity index (χ1n) is 10.9. The van der Waals surface area contributed by atoms with Crippen molar-refractivity contribution in [3.05, 3.63) is 28.8 Å². The second kappa shape index (κ2) is 11.0. The number of hydrogen-bond acceptors (Lipinski definition) is 4. The first kappa shape index (κ1) is 25.9. The molecule has 178 valence electrons. The zero-order valence-electron chi connectivity index (χ0n) is 18.7. The Kier molecular flexibility index (Phi) is 9.18. The smallest absolute Gasteiger partial charge is 0.185 e. The summed E-state index contributed by atoms with van der Waals surface area (Å²) in [6, 6.07) is 0. The molecule has 1 aliphatic heterocycles. The molecule has 1 saturated heterocycles. The SMILES string of the molecule is CC(C)S(=O)(=O)CCCCCCCc1c(F)c(F)c(N2C[C@@H](C)O[C@@H](C)C2)c(F)c1F. The molecule has 1 heterocycles. The van der Waals surface area contributed by atoms with Gasteiger partial charge in [0.05, 0.1) is 23.2 Å². The maximum Gasteiger partial charge on any atom is 0.185 e. The van der Waals surface area contributed by atoms with Gasteiger partial charge >= 0.3 is 0 Å². The van der Waals surface area contributed by atoms with Crippen molar-refractivity contribution >= 4 is 15.5 Å². The molecule has 1 aromatic carbocycles. The average molecular weight is 468 g/mol. The summed E-state index contributed by atoms with van der Waals surface area (Å²) in [5.74, 6) is -5.31. The fraction of sp³-hybridized carbons (Fsp3) is 0.727. The van der Waals surface area contributed by atoms with Crippen molar-refractivity contribution < 1.29 is 30.7 Å². The van der Waals surface area contributed by atoms with Crippen LogP contribution in [0.5, 0.6) is 0 Å². The predicted octanol–water partition coefficient (Wildman–Crippen LogP) is 5.17. The van der Waals surface area contributed by atoms with Crippen molar-refractivity contribution in [2.75, 3.05) is 23.7 Å². The minimum atomic E-state index is -3.07. The van der Waals surface area contributed by atoms with E-state index in [1.165, 1.54) is 4.90 Å². The van der Waals surface area contributed by atoms with E-state index >= 15 is 0 Å². The molecule has 1 aromatic rings. The predicted molar refractivity (Wildman–Crippen MR) is 114 cm³/mol. The highest BCUT2D eigenvalue weighted by Gasteiger charge is 2.32. The van der Waals surface area contributed by atoms with Crippen molar-refractivity contribution in [3.8, 4) is 0 Å². The summed E-state index contributed by atoms with van der Waals surface area (Å²) in [7, 11) is -3.07. The summed E-state index contributed by atoms with van der Waals surface area (Å²) in [5, 5.41) is -0.407. The summed E-state index contributed by atoms with van der Waals surface area (Å²) in [6.45, 7) is 7.03. The third-order valence-corrected chi connectivity index (χ3v) is 7.93. The molecule has 1 fully saturated rings. The third-order valence-electron chi connectivity index (χ3n) is 5.64. The lowest BCUT2D eigenvalue weighted by molar-refractivity contribution is -0.00566. The van der Waals surface area contributed by atoms with Gasteiger partial charge in [0.1, 0.15) is 5.69 Å². The van der Waals surface area contributed by atoms with E-state index in [-0.39, 0.29) is 37.5 Å². The summed E-state index contributed by atoms with van der Waals surface area (Å²) < 4.78 is 87.5. The number of halogens is 4. The van der Waals surface area contributed by atoms with Crippen LogP contribution in [-0.4, -0.2) is 44.7 Å². The standard InChI is InChI=1S/C22H33F4NO3S/c1-14(2)31(28,29)11-9-7-5-6-8-10-17-18(23)20(25)22(21(26)19(17)24)27-12-15(3)30-16(4)13-27/h14-16H,5-13H2,1-4H3/t15-,16+. The van der Waals surface area contributed by atoms with Crippen LogP contribution in [-0.2, 0) is 21.0 Å². The van der Waals surface area contributed by atoms with Gasteiger partial charge in [-0.1, -0.05) is 19.3 Å². The topological polar surface area (TPSA) is 46.6 Å². The average Bonchev–Trinajstić information content (AvgIpc) is 2.67. The summed E-state index contributed by atoms with van der Waals surface area (Å²) in [5.41, 5.74) is -1.25. The number of anilines is 1. The van der Waals surface area contributed by atoms with Crippen molar-refractivity contribution in [1.29, 1.82) is 0 Å². The number of unbranched alkanes of at least 4 members (excludes halogenated alkanes) is 4. The van der Waals surface area contributed by atoms with Gasteiger partial charge in [-0.05, 0) is 47.0 Å². The number of benzene rings is 1. The van der Waals surface area contributed by atoms with Gasteiger partial charge < -0.3 is 9.64 Å². The van der Waals surface area contributed by atoms with Crippen molar-refractivity contribution in [2.24, 2.45) is 0 Å². The van der Waals surface area contributed by atoms with Crippen molar-refractivity contribution in [3.63, 3.8) is 0 Å². The molecule has 0 aliphatic carbocycles. The third kappa shape index (κ3) is 6.57. The molecule has 0 radical (unpaired) electrons. The second-order valence-electron chi connectivity index (χ2n) is 8.68. The van der Waals surface area contributed by atoms with Crippen LogP contribution in [0.15, 0.2) is 0 Å². The largest absolute Gasteiger partial charge is 0.372 e. The van der Waals surface area contributed by atoms with Crippen LogP contribution < -0.4 is 4.90 Å². The second-order valence-corrected chi connectivity index (χ2v) is 11.4. The highest BCUT2D eigenvalue weighted by molar-refractivity contribution is 7.91. The molecule has 1 aliphatic rings. The molecule has 4 nitrogen and oxygen atoms in total. The van der Waals surface area contributed by atoms with E-state index < -0.39 is 49.6 Å². The lowest BCUT2D eigenvalue weighted by Gasteiger charge is -2.37. The van der Waals surface area contributed by atoms with Gasteiger partial charge in [0, 0.05) is 18.7 Å².